The molecule has 0 spiro atoms. The second-order valence-electron chi connectivity index (χ2n) is 5.12. The summed E-state index contributed by atoms with van der Waals surface area (Å²) in [5, 5.41) is 15.6. The van der Waals surface area contributed by atoms with Gasteiger partial charge in [-0.15, -0.1) is 0 Å². The lowest BCUT2D eigenvalue weighted by Gasteiger charge is -2.27. The molecule has 0 aromatic heterocycles. The summed E-state index contributed by atoms with van der Waals surface area (Å²) >= 11 is 0. The number of nitrogens with zero attached hydrogens (tertiary/aromatic N) is 1. The molecule has 0 saturated heterocycles. The largest absolute Gasteiger partial charge is 0.464 e. The number of nitrogens with one attached hydrogen (secondary N) is 1. The number of fused-ring (bicyclic) bond motifs is 1. The Kier molecular flexibility index (Phi) is 4.27. The third-order valence-electron chi connectivity index (χ3n) is 3.90. The number of rotatable bonds is 5. The highest BCUT2D eigenvalue weighted by Crippen LogP contribution is 2.44. The van der Waals surface area contributed by atoms with Crippen LogP contribution in [0.25, 0.3) is 0 Å². The van der Waals surface area contributed by atoms with E-state index in [1.54, 1.807) is 6.92 Å². The van der Waals surface area contributed by atoms with Crippen molar-refractivity contribution >= 4 is 17.6 Å². The summed E-state index contributed by atoms with van der Waals surface area (Å²) in [4.78, 5) is 29.4. The van der Waals surface area contributed by atoms with Crippen LogP contribution in [0.1, 0.15) is 33.1 Å². The Morgan fingerprint density at radius 2 is 2.40 bits per heavy atom. The molecule has 1 heterocycles. The van der Waals surface area contributed by atoms with Crippen LogP contribution in [0.3, 0.4) is 0 Å². The van der Waals surface area contributed by atoms with Gasteiger partial charge >= 0.3 is 5.97 Å². The lowest BCUT2D eigenvalue weighted by Crippen LogP contribution is -2.55. The third-order valence-corrected chi connectivity index (χ3v) is 3.90. The Morgan fingerprint density at radius 3 is 3.05 bits per heavy atom. The molecular formula is C13H20N2O5. The minimum atomic E-state index is -1.07. The standard InChI is InChI=1S/C13H20N2O5/c1-3-19-11(17)10(7-16)14-12(18)13-6-4-5-9(13)8(2)15-20-13/h9-10,16H,3-7H2,1-2H3,(H,14,18). The smallest absolute Gasteiger partial charge is 0.331 e. The fraction of sp³-hybridized carbons (Fsp3) is 0.769. The Labute approximate surface area is 117 Å². The van der Waals surface area contributed by atoms with Crippen LogP contribution in [0.4, 0.5) is 0 Å². The monoisotopic (exact) mass is 284 g/mol. The number of hydrogen-bond acceptors (Lipinski definition) is 6. The van der Waals surface area contributed by atoms with E-state index < -0.39 is 30.1 Å². The van der Waals surface area contributed by atoms with Gasteiger partial charge in [0.2, 0.25) is 5.60 Å². The van der Waals surface area contributed by atoms with Crippen molar-refractivity contribution in [2.75, 3.05) is 13.2 Å². The molecule has 3 atom stereocenters. The highest BCUT2D eigenvalue weighted by atomic mass is 16.7. The van der Waals surface area contributed by atoms with Crippen LogP contribution in [-0.2, 0) is 19.2 Å². The lowest BCUT2D eigenvalue weighted by atomic mass is 9.87. The molecule has 1 aliphatic heterocycles. The van der Waals surface area contributed by atoms with Crippen LogP contribution in [0.2, 0.25) is 0 Å². The zero-order valence-electron chi connectivity index (χ0n) is 11.7. The summed E-state index contributed by atoms with van der Waals surface area (Å²) < 4.78 is 4.81. The first-order valence-corrected chi connectivity index (χ1v) is 6.86. The molecule has 7 heteroatoms. The molecule has 2 N–H and O–H groups in total. The van der Waals surface area contributed by atoms with E-state index in [9.17, 15) is 14.7 Å². The first kappa shape index (κ1) is 14.8. The number of amides is 1. The maximum atomic E-state index is 12.4. The molecule has 0 bridgehead atoms. The molecule has 1 amide bonds. The fourth-order valence-corrected chi connectivity index (χ4v) is 2.86. The van der Waals surface area contributed by atoms with Gasteiger partial charge < -0.3 is 20.0 Å². The Bertz CT molecular complexity index is 436. The molecule has 0 aromatic carbocycles. The zero-order chi connectivity index (χ0) is 14.8. The highest BCUT2D eigenvalue weighted by molar-refractivity contribution is 5.98. The number of esters is 1. The normalized spacial score (nSPS) is 29.1. The second-order valence-corrected chi connectivity index (χ2v) is 5.12. The van der Waals surface area contributed by atoms with Crippen LogP contribution in [-0.4, -0.2) is 47.6 Å². The Hall–Kier alpha value is -1.63. The number of ether oxygens (including phenoxy) is 1. The Morgan fingerprint density at radius 1 is 1.65 bits per heavy atom. The van der Waals surface area contributed by atoms with Crippen LogP contribution in [0.5, 0.6) is 0 Å². The van der Waals surface area contributed by atoms with Gasteiger partial charge in [0.05, 0.1) is 24.8 Å². The number of oxime groups is 1. The summed E-state index contributed by atoms with van der Waals surface area (Å²) in [6.45, 7) is 3.18. The Balaban J connectivity index is 2.06. The molecule has 1 aliphatic carbocycles. The highest BCUT2D eigenvalue weighted by Gasteiger charge is 2.57. The first-order chi connectivity index (χ1) is 9.55. The van der Waals surface area contributed by atoms with Crippen LogP contribution in [0, 0.1) is 5.92 Å². The number of hydrogen-bond donors (Lipinski definition) is 2. The van der Waals surface area contributed by atoms with Crippen molar-refractivity contribution in [2.24, 2.45) is 11.1 Å². The molecule has 20 heavy (non-hydrogen) atoms. The topological polar surface area (TPSA) is 97.2 Å². The van der Waals surface area contributed by atoms with E-state index in [0.717, 1.165) is 18.6 Å². The van der Waals surface area contributed by atoms with Crippen LogP contribution < -0.4 is 5.32 Å². The van der Waals surface area contributed by atoms with Crippen LogP contribution in [0.15, 0.2) is 5.16 Å². The summed E-state index contributed by atoms with van der Waals surface area (Å²) in [6, 6.07) is -1.07. The maximum absolute atomic E-state index is 12.4. The van der Waals surface area contributed by atoms with Crippen molar-refractivity contribution in [3.05, 3.63) is 0 Å². The maximum Gasteiger partial charge on any atom is 0.331 e. The second kappa shape index (κ2) is 5.78. The zero-order valence-corrected chi connectivity index (χ0v) is 11.7. The molecule has 1 saturated carbocycles. The molecule has 2 rings (SSSR count). The van der Waals surface area contributed by atoms with Crippen molar-refractivity contribution in [2.45, 2.75) is 44.8 Å². The van der Waals surface area contributed by atoms with E-state index in [0.29, 0.717) is 6.42 Å². The molecule has 0 aromatic rings. The fourth-order valence-electron chi connectivity index (χ4n) is 2.86. The van der Waals surface area contributed by atoms with E-state index >= 15 is 0 Å². The number of aliphatic hydroxyl groups excluding tert-OH is 1. The van der Waals surface area contributed by atoms with Gasteiger partial charge in [-0.05, 0) is 33.1 Å². The van der Waals surface area contributed by atoms with Crippen molar-refractivity contribution < 1.29 is 24.3 Å². The molecule has 112 valence electrons. The SMILES string of the molecule is CCOC(=O)C(CO)NC(=O)C12CCCC1C(C)=NO2. The average Bonchev–Trinajstić information content (AvgIpc) is 2.98. The van der Waals surface area contributed by atoms with Gasteiger partial charge in [-0.25, -0.2) is 4.79 Å². The predicted octanol–water partition coefficient (Wildman–Crippen LogP) is -0.0284. The minimum absolute atomic E-state index is 0.0518. The molecule has 2 aliphatic rings. The summed E-state index contributed by atoms with van der Waals surface area (Å²) in [5.41, 5.74) is -0.224. The van der Waals surface area contributed by atoms with Gasteiger partial charge in [-0.2, -0.15) is 0 Å². The van der Waals surface area contributed by atoms with Crippen molar-refractivity contribution in [3.63, 3.8) is 0 Å². The summed E-state index contributed by atoms with van der Waals surface area (Å²) in [6.07, 6.45) is 2.27. The molecule has 0 radical (unpaired) electrons. The van der Waals surface area contributed by atoms with Gasteiger partial charge in [-0.1, -0.05) is 5.16 Å². The van der Waals surface area contributed by atoms with Crippen molar-refractivity contribution in [1.29, 1.82) is 0 Å². The summed E-state index contributed by atoms with van der Waals surface area (Å²) in [5.74, 6) is -1.11. The van der Waals surface area contributed by atoms with Gasteiger partial charge in [-0.3, -0.25) is 4.79 Å². The number of aliphatic hydroxyl groups is 1. The number of carbonyl (C=O) groups excluding carboxylic acids is 2. The average molecular weight is 284 g/mol. The van der Waals surface area contributed by atoms with Crippen molar-refractivity contribution in [1.82, 2.24) is 5.32 Å². The van der Waals surface area contributed by atoms with Crippen molar-refractivity contribution in [3.8, 4) is 0 Å². The predicted molar refractivity (Wildman–Crippen MR) is 69.9 cm³/mol. The van der Waals surface area contributed by atoms with E-state index in [2.05, 4.69) is 10.5 Å². The molecule has 3 unspecified atom stereocenters. The van der Waals surface area contributed by atoms with E-state index in [4.69, 9.17) is 9.57 Å². The van der Waals surface area contributed by atoms with Crippen LogP contribution >= 0.6 is 0 Å². The van der Waals surface area contributed by atoms with E-state index in [1.165, 1.54) is 0 Å². The quantitative estimate of drug-likeness (QED) is 0.691. The minimum Gasteiger partial charge on any atom is -0.464 e. The van der Waals surface area contributed by atoms with Gasteiger partial charge in [0.25, 0.3) is 5.91 Å². The molecule has 7 nitrogen and oxygen atoms in total. The van der Waals surface area contributed by atoms with Gasteiger partial charge in [0, 0.05) is 0 Å². The van der Waals surface area contributed by atoms with Gasteiger partial charge in [0.1, 0.15) is 0 Å². The lowest BCUT2D eigenvalue weighted by molar-refractivity contribution is -0.155. The molecular weight excluding hydrogens is 264 g/mol. The third kappa shape index (κ3) is 2.37. The summed E-state index contributed by atoms with van der Waals surface area (Å²) in [7, 11) is 0. The molecule has 1 fully saturated rings. The van der Waals surface area contributed by atoms with Gasteiger partial charge in [0.15, 0.2) is 6.04 Å². The van der Waals surface area contributed by atoms with E-state index in [1.807, 2.05) is 6.92 Å². The number of carbonyl (C=O) groups is 2. The first-order valence-electron chi connectivity index (χ1n) is 6.86. The van der Waals surface area contributed by atoms with E-state index in [-0.39, 0.29) is 12.5 Å².